The molecule has 3 rings (SSSR count). The minimum absolute atomic E-state index is 0.113. The smallest absolute Gasteiger partial charge is 0.234 e. The second-order valence-corrected chi connectivity index (χ2v) is 5.93. The van der Waals surface area contributed by atoms with Crippen LogP contribution < -0.4 is 16.0 Å². The normalized spacial score (nSPS) is 14.7. The number of nitrogens with zero attached hydrogens (tertiary/aromatic N) is 3. The standard InChI is InChI=1S/C14H18N6O2S/c15-13-17-14(19-18-13)23-9-12(21)16-10-1-3-11(4-2-10)20-5-7-22-8-6-20/h1-4H,5-9H2,(H,16,21)(H3,15,17,18,19). The number of ether oxygens (including phenoxy) is 1. The molecule has 4 N–H and O–H groups in total. The lowest BCUT2D eigenvalue weighted by Crippen LogP contribution is -2.36. The van der Waals surface area contributed by atoms with Crippen LogP contribution in [0.15, 0.2) is 29.4 Å². The molecule has 8 nitrogen and oxygen atoms in total. The summed E-state index contributed by atoms with van der Waals surface area (Å²) >= 11 is 1.23. The first kappa shape index (κ1) is 15.6. The van der Waals surface area contributed by atoms with Gasteiger partial charge in [-0.15, -0.1) is 5.10 Å². The average Bonchev–Trinajstić information content (AvgIpc) is 3.00. The van der Waals surface area contributed by atoms with Gasteiger partial charge in [0.05, 0.1) is 19.0 Å². The Morgan fingerprint density at radius 3 is 2.74 bits per heavy atom. The molecule has 0 aliphatic carbocycles. The van der Waals surface area contributed by atoms with Gasteiger partial charge in [0.1, 0.15) is 0 Å². The monoisotopic (exact) mass is 334 g/mol. The summed E-state index contributed by atoms with van der Waals surface area (Å²) in [6.07, 6.45) is 0. The molecule has 1 amide bonds. The molecule has 1 saturated heterocycles. The highest BCUT2D eigenvalue weighted by Crippen LogP contribution is 2.19. The van der Waals surface area contributed by atoms with Gasteiger partial charge in [0.2, 0.25) is 17.0 Å². The molecule has 0 spiro atoms. The zero-order valence-electron chi connectivity index (χ0n) is 12.5. The van der Waals surface area contributed by atoms with Gasteiger partial charge in [-0.3, -0.25) is 4.79 Å². The molecular weight excluding hydrogens is 316 g/mol. The molecule has 0 saturated carbocycles. The summed E-state index contributed by atoms with van der Waals surface area (Å²) in [6.45, 7) is 3.28. The van der Waals surface area contributed by atoms with Crippen LogP contribution in [0, 0.1) is 0 Å². The Bertz CT molecular complexity index is 654. The van der Waals surface area contributed by atoms with E-state index in [9.17, 15) is 4.79 Å². The van der Waals surface area contributed by atoms with Gasteiger partial charge < -0.3 is 20.7 Å². The molecule has 1 aromatic carbocycles. The number of aromatic amines is 1. The van der Waals surface area contributed by atoms with Crippen molar-refractivity contribution in [1.29, 1.82) is 0 Å². The fraction of sp³-hybridized carbons (Fsp3) is 0.357. The zero-order chi connectivity index (χ0) is 16.1. The van der Waals surface area contributed by atoms with Crippen LogP contribution in [0.4, 0.5) is 17.3 Å². The molecule has 1 aromatic heterocycles. The number of hydrogen-bond acceptors (Lipinski definition) is 7. The van der Waals surface area contributed by atoms with E-state index in [1.54, 1.807) is 0 Å². The topological polar surface area (TPSA) is 109 Å². The van der Waals surface area contributed by atoms with Crippen molar-refractivity contribution in [3.05, 3.63) is 24.3 Å². The number of aromatic nitrogens is 3. The summed E-state index contributed by atoms with van der Waals surface area (Å²) in [5.41, 5.74) is 7.33. The quantitative estimate of drug-likeness (QED) is 0.699. The number of morpholine rings is 1. The number of amides is 1. The highest BCUT2D eigenvalue weighted by molar-refractivity contribution is 7.99. The molecule has 1 aliphatic heterocycles. The van der Waals surface area contributed by atoms with E-state index >= 15 is 0 Å². The number of rotatable bonds is 5. The predicted octanol–water partition coefficient (Wildman–Crippen LogP) is 0.954. The van der Waals surface area contributed by atoms with Crippen LogP contribution in [0.3, 0.4) is 0 Å². The number of H-pyrrole nitrogens is 1. The molecule has 1 fully saturated rings. The largest absolute Gasteiger partial charge is 0.378 e. The molecule has 0 radical (unpaired) electrons. The molecular formula is C14H18N6O2S. The number of anilines is 3. The summed E-state index contributed by atoms with van der Waals surface area (Å²) in [5.74, 6) is 0.354. The van der Waals surface area contributed by atoms with E-state index in [4.69, 9.17) is 10.5 Å². The number of carbonyl (C=O) groups is 1. The van der Waals surface area contributed by atoms with Crippen LogP contribution in [-0.4, -0.2) is 53.1 Å². The van der Waals surface area contributed by atoms with Crippen LogP contribution in [0.5, 0.6) is 0 Å². The SMILES string of the molecule is Nc1nc(SCC(=O)Nc2ccc(N3CCOCC3)cc2)n[nH]1. The van der Waals surface area contributed by atoms with E-state index in [1.165, 1.54) is 11.8 Å². The van der Waals surface area contributed by atoms with Crippen LogP contribution >= 0.6 is 11.8 Å². The highest BCUT2D eigenvalue weighted by Gasteiger charge is 2.11. The Morgan fingerprint density at radius 2 is 2.09 bits per heavy atom. The maximum atomic E-state index is 11.9. The van der Waals surface area contributed by atoms with Crippen LogP contribution in [0.2, 0.25) is 0 Å². The van der Waals surface area contributed by atoms with Crippen LogP contribution in [-0.2, 0) is 9.53 Å². The number of carbonyl (C=O) groups excluding carboxylic acids is 1. The highest BCUT2D eigenvalue weighted by atomic mass is 32.2. The molecule has 9 heteroatoms. The van der Waals surface area contributed by atoms with E-state index < -0.39 is 0 Å². The molecule has 0 bridgehead atoms. The Hall–Kier alpha value is -2.26. The fourth-order valence-corrected chi connectivity index (χ4v) is 2.83. The average molecular weight is 334 g/mol. The first-order valence-corrected chi connectivity index (χ1v) is 8.22. The molecule has 0 unspecified atom stereocenters. The van der Waals surface area contributed by atoms with Gasteiger partial charge in [-0.2, -0.15) is 4.98 Å². The zero-order valence-corrected chi connectivity index (χ0v) is 13.3. The minimum Gasteiger partial charge on any atom is -0.378 e. The van der Waals surface area contributed by atoms with Crippen molar-refractivity contribution in [3.63, 3.8) is 0 Å². The summed E-state index contributed by atoms with van der Waals surface area (Å²) in [4.78, 5) is 18.1. The Morgan fingerprint density at radius 1 is 1.35 bits per heavy atom. The third kappa shape index (κ3) is 4.36. The van der Waals surface area contributed by atoms with Crippen molar-refractivity contribution in [3.8, 4) is 0 Å². The number of nitrogens with two attached hydrogens (primary N) is 1. The van der Waals surface area contributed by atoms with Gasteiger partial charge in [0, 0.05) is 24.5 Å². The number of thioether (sulfide) groups is 1. The lowest BCUT2D eigenvalue weighted by molar-refractivity contribution is -0.113. The Labute approximate surface area is 137 Å². The number of nitrogen functional groups attached to an aromatic ring is 1. The number of hydrogen-bond donors (Lipinski definition) is 3. The summed E-state index contributed by atoms with van der Waals surface area (Å²) in [7, 11) is 0. The Balaban J connectivity index is 1.50. The molecule has 2 aromatic rings. The van der Waals surface area contributed by atoms with Crippen LogP contribution in [0.25, 0.3) is 0 Å². The number of nitrogens with one attached hydrogen (secondary N) is 2. The summed E-state index contributed by atoms with van der Waals surface area (Å²) in [5, 5.41) is 9.70. The van der Waals surface area contributed by atoms with Crippen molar-refractivity contribution in [2.24, 2.45) is 0 Å². The lowest BCUT2D eigenvalue weighted by atomic mass is 10.2. The van der Waals surface area contributed by atoms with Gasteiger partial charge in [0.15, 0.2) is 0 Å². The predicted molar refractivity (Wildman–Crippen MR) is 89.6 cm³/mol. The van der Waals surface area contributed by atoms with Crippen LogP contribution in [0.1, 0.15) is 0 Å². The third-order valence-corrected chi connectivity index (χ3v) is 4.19. The van der Waals surface area contributed by atoms with E-state index in [0.717, 1.165) is 37.7 Å². The molecule has 1 aliphatic rings. The van der Waals surface area contributed by atoms with E-state index in [2.05, 4.69) is 25.4 Å². The first-order chi connectivity index (χ1) is 11.2. The van der Waals surface area contributed by atoms with Crippen molar-refractivity contribution in [1.82, 2.24) is 15.2 Å². The fourth-order valence-electron chi connectivity index (χ4n) is 2.23. The number of benzene rings is 1. The first-order valence-electron chi connectivity index (χ1n) is 7.24. The maximum absolute atomic E-state index is 11.9. The van der Waals surface area contributed by atoms with Gasteiger partial charge in [0.25, 0.3) is 0 Å². The van der Waals surface area contributed by atoms with Crippen molar-refractivity contribution in [2.45, 2.75) is 5.16 Å². The summed E-state index contributed by atoms with van der Waals surface area (Å²) in [6, 6.07) is 7.81. The second kappa shape index (κ2) is 7.34. The second-order valence-electron chi connectivity index (χ2n) is 4.99. The molecule has 0 atom stereocenters. The molecule has 122 valence electrons. The molecule has 23 heavy (non-hydrogen) atoms. The lowest BCUT2D eigenvalue weighted by Gasteiger charge is -2.28. The molecule has 2 heterocycles. The van der Waals surface area contributed by atoms with Gasteiger partial charge in [-0.05, 0) is 24.3 Å². The van der Waals surface area contributed by atoms with E-state index in [0.29, 0.717) is 5.16 Å². The van der Waals surface area contributed by atoms with Crippen molar-refractivity contribution >= 4 is 35.0 Å². The maximum Gasteiger partial charge on any atom is 0.234 e. The van der Waals surface area contributed by atoms with Gasteiger partial charge >= 0.3 is 0 Å². The van der Waals surface area contributed by atoms with Crippen molar-refractivity contribution < 1.29 is 9.53 Å². The van der Waals surface area contributed by atoms with Crippen molar-refractivity contribution in [2.75, 3.05) is 48.0 Å². The van der Waals surface area contributed by atoms with E-state index in [-0.39, 0.29) is 17.6 Å². The van der Waals surface area contributed by atoms with Gasteiger partial charge in [-0.1, -0.05) is 11.8 Å². The van der Waals surface area contributed by atoms with E-state index in [1.807, 2.05) is 24.3 Å². The summed E-state index contributed by atoms with van der Waals surface area (Å²) < 4.78 is 5.34. The third-order valence-electron chi connectivity index (χ3n) is 3.34. The van der Waals surface area contributed by atoms with Gasteiger partial charge in [-0.25, -0.2) is 5.10 Å². The minimum atomic E-state index is -0.113. The Kier molecular flexibility index (Phi) is 4.99.